The molecule has 0 aromatic heterocycles. The molecular weight excluding hydrogens is 200 g/mol. The molecule has 0 fully saturated rings. The monoisotopic (exact) mass is 220 g/mol. The summed E-state index contributed by atoms with van der Waals surface area (Å²) in [6.07, 6.45) is 3.48. The summed E-state index contributed by atoms with van der Waals surface area (Å²) in [5, 5.41) is 0. The van der Waals surface area contributed by atoms with E-state index in [1.165, 1.54) is 5.56 Å². The van der Waals surface area contributed by atoms with E-state index >= 15 is 0 Å². The largest absolute Gasteiger partial charge is 0.488 e. The molecule has 0 amide bonds. The second kappa shape index (κ2) is 5.69. The Kier molecular flexibility index (Phi) is 4.53. The maximum absolute atomic E-state index is 10.2. The van der Waals surface area contributed by atoms with Crippen molar-refractivity contribution >= 4 is 6.29 Å². The lowest BCUT2D eigenvalue weighted by Gasteiger charge is -2.21. The lowest BCUT2D eigenvalue weighted by molar-refractivity contribution is -0.107. The molecule has 1 rings (SSSR count). The number of hydrogen-bond acceptors (Lipinski definition) is 2. The van der Waals surface area contributed by atoms with Gasteiger partial charge in [0.2, 0.25) is 0 Å². The van der Waals surface area contributed by atoms with E-state index in [1.54, 1.807) is 0 Å². The fourth-order valence-corrected chi connectivity index (χ4v) is 1.47. The van der Waals surface area contributed by atoms with Gasteiger partial charge in [-0.25, -0.2) is 0 Å². The summed E-state index contributed by atoms with van der Waals surface area (Å²) >= 11 is 0. The van der Waals surface area contributed by atoms with Crippen LogP contribution in [0.1, 0.15) is 39.2 Å². The first-order chi connectivity index (χ1) is 7.51. The third kappa shape index (κ3) is 4.96. The molecule has 2 nitrogen and oxygen atoms in total. The lowest BCUT2D eigenvalue weighted by Crippen LogP contribution is -2.22. The highest BCUT2D eigenvalue weighted by atomic mass is 16.5. The van der Waals surface area contributed by atoms with Gasteiger partial charge in [-0.2, -0.15) is 0 Å². The number of aryl methyl sites for hydroxylation is 1. The van der Waals surface area contributed by atoms with Crippen molar-refractivity contribution in [1.29, 1.82) is 0 Å². The van der Waals surface area contributed by atoms with E-state index in [0.717, 1.165) is 24.9 Å². The van der Waals surface area contributed by atoms with Gasteiger partial charge >= 0.3 is 0 Å². The number of ether oxygens (including phenoxy) is 1. The van der Waals surface area contributed by atoms with Gasteiger partial charge in [0.15, 0.2) is 0 Å². The standard InChI is InChI=1S/C14H20O2/c1-14(2,3)16-13-9-7-12(8-10-13)6-4-5-11-15/h7-11H,4-6H2,1-3H3. The van der Waals surface area contributed by atoms with Crippen LogP contribution >= 0.6 is 0 Å². The Morgan fingerprint density at radius 2 is 1.81 bits per heavy atom. The van der Waals surface area contributed by atoms with Crippen LogP contribution in [-0.2, 0) is 11.2 Å². The van der Waals surface area contributed by atoms with E-state index < -0.39 is 0 Å². The van der Waals surface area contributed by atoms with Gasteiger partial charge in [-0.15, -0.1) is 0 Å². The Balaban J connectivity index is 2.51. The summed E-state index contributed by atoms with van der Waals surface area (Å²) in [6.45, 7) is 6.10. The number of rotatable bonds is 5. The quantitative estimate of drug-likeness (QED) is 0.561. The predicted molar refractivity (Wildman–Crippen MR) is 65.8 cm³/mol. The first-order valence-electron chi connectivity index (χ1n) is 5.73. The molecule has 0 aliphatic heterocycles. The van der Waals surface area contributed by atoms with Gasteiger partial charge in [-0.05, 0) is 51.3 Å². The van der Waals surface area contributed by atoms with Crippen molar-refractivity contribution in [3.63, 3.8) is 0 Å². The van der Waals surface area contributed by atoms with Crippen LogP contribution < -0.4 is 4.74 Å². The number of benzene rings is 1. The van der Waals surface area contributed by atoms with Gasteiger partial charge in [0.05, 0.1) is 0 Å². The summed E-state index contributed by atoms with van der Waals surface area (Å²) in [7, 11) is 0. The highest BCUT2D eigenvalue weighted by Crippen LogP contribution is 2.19. The van der Waals surface area contributed by atoms with Crippen molar-refractivity contribution in [3.05, 3.63) is 29.8 Å². The normalized spacial score (nSPS) is 11.2. The van der Waals surface area contributed by atoms with Crippen LogP contribution in [0.4, 0.5) is 0 Å². The molecule has 16 heavy (non-hydrogen) atoms. The maximum Gasteiger partial charge on any atom is 0.120 e. The van der Waals surface area contributed by atoms with Crippen LogP contribution in [0.3, 0.4) is 0 Å². The average Bonchev–Trinajstić information content (AvgIpc) is 2.19. The van der Waals surface area contributed by atoms with Gasteiger partial charge in [0.1, 0.15) is 17.6 Å². The minimum atomic E-state index is -0.154. The summed E-state index contributed by atoms with van der Waals surface area (Å²) in [6, 6.07) is 8.10. The van der Waals surface area contributed by atoms with Crippen molar-refractivity contribution in [3.8, 4) is 5.75 Å². The van der Waals surface area contributed by atoms with Crippen LogP contribution in [-0.4, -0.2) is 11.9 Å². The zero-order valence-corrected chi connectivity index (χ0v) is 10.3. The Morgan fingerprint density at radius 1 is 1.19 bits per heavy atom. The molecule has 0 spiro atoms. The van der Waals surface area contributed by atoms with E-state index in [0.29, 0.717) is 6.42 Å². The van der Waals surface area contributed by atoms with Crippen molar-refractivity contribution in [1.82, 2.24) is 0 Å². The van der Waals surface area contributed by atoms with E-state index in [9.17, 15) is 4.79 Å². The molecule has 0 heterocycles. The smallest absolute Gasteiger partial charge is 0.120 e. The Morgan fingerprint density at radius 3 is 2.31 bits per heavy atom. The molecule has 0 saturated carbocycles. The van der Waals surface area contributed by atoms with Crippen LogP contribution in [0.2, 0.25) is 0 Å². The summed E-state index contributed by atoms with van der Waals surface area (Å²) in [5.41, 5.74) is 1.10. The second-order valence-electron chi connectivity index (χ2n) is 4.92. The molecule has 0 radical (unpaired) electrons. The summed E-state index contributed by atoms with van der Waals surface area (Å²) in [5.74, 6) is 0.895. The van der Waals surface area contributed by atoms with Crippen molar-refractivity contribution in [2.75, 3.05) is 0 Å². The highest BCUT2D eigenvalue weighted by molar-refractivity contribution is 5.49. The maximum atomic E-state index is 10.2. The number of hydrogen-bond donors (Lipinski definition) is 0. The average molecular weight is 220 g/mol. The molecule has 0 saturated heterocycles. The molecular formula is C14H20O2. The summed E-state index contributed by atoms with van der Waals surface area (Å²) in [4.78, 5) is 10.2. The van der Waals surface area contributed by atoms with Gasteiger partial charge < -0.3 is 9.53 Å². The predicted octanol–water partition coefficient (Wildman–Crippen LogP) is 3.39. The number of carbonyl (C=O) groups is 1. The lowest BCUT2D eigenvalue weighted by atomic mass is 10.1. The van der Waals surface area contributed by atoms with Crippen molar-refractivity contribution in [2.45, 2.75) is 45.6 Å². The SMILES string of the molecule is CC(C)(C)Oc1ccc(CCCC=O)cc1. The van der Waals surface area contributed by atoms with Crippen LogP contribution in [0.25, 0.3) is 0 Å². The molecule has 0 N–H and O–H groups in total. The van der Waals surface area contributed by atoms with Gasteiger partial charge in [0, 0.05) is 6.42 Å². The second-order valence-corrected chi connectivity index (χ2v) is 4.92. The Hall–Kier alpha value is -1.31. The van der Waals surface area contributed by atoms with Crippen LogP contribution in [0.15, 0.2) is 24.3 Å². The molecule has 1 aromatic rings. The van der Waals surface area contributed by atoms with Crippen molar-refractivity contribution in [2.24, 2.45) is 0 Å². The fourth-order valence-electron chi connectivity index (χ4n) is 1.47. The molecule has 2 heteroatoms. The van der Waals surface area contributed by atoms with Crippen LogP contribution in [0, 0.1) is 0 Å². The minimum Gasteiger partial charge on any atom is -0.488 e. The molecule has 0 aliphatic carbocycles. The molecule has 0 atom stereocenters. The van der Waals surface area contributed by atoms with Gasteiger partial charge in [0.25, 0.3) is 0 Å². The zero-order chi connectivity index (χ0) is 12.0. The first kappa shape index (κ1) is 12.8. The molecule has 0 bridgehead atoms. The van der Waals surface area contributed by atoms with E-state index in [2.05, 4.69) is 12.1 Å². The molecule has 1 aromatic carbocycles. The molecule has 0 unspecified atom stereocenters. The highest BCUT2D eigenvalue weighted by Gasteiger charge is 2.11. The van der Waals surface area contributed by atoms with Gasteiger partial charge in [-0.3, -0.25) is 0 Å². The molecule has 0 aliphatic rings. The zero-order valence-electron chi connectivity index (χ0n) is 10.3. The first-order valence-corrected chi connectivity index (χ1v) is 5.73. The van der Waals surface area contributed by atoms with E-state index in [4.69, 9.17) is 4.74 Å². The molecule has 88 valence electrons. The third-order valence-corrected chi connectivity index (χ3v) is 2.13. The summed E-state index contributed by atoms with van der Waals surface area (Å²) < 4.78 is 5.73. The number of carbonyl (C=O) groups excluding carboxylic acids is 1. The Bertz CT molecular complexity index is 320. The number of aldehydes is 1. The van der Waals surface area contributed by atoms with Crippen molar-refractivity contribution < 1.29 is 9.53 Å². The third-order valence-electron chi connectivity index (χ3n) is 2.13. The van der Waals surface area contributed by atoms with E-state index in [1.807, 2.05) is 32.9 Å². The van der Waals surface area contributed by atoms with Crippen LogP contribution in [0.5, 0.6) is 5.75 Å². The minimum absolute atomic E-state index is 0.154. The van der Waals surface area contributed by atoms with Gasteiger partial charge in [-0.1, -0.05) is 12.1 Å². The number of unbranched alkanes of at least 4 members (excludes halogenated alkanes) is 1. The van der Waals surface area contributed by atoms with E-state index in [-0.39, 0.29) is 5.60 Å². The Labute approximate surface area is 97.6 Å². The fraction of sp³-hybridized carbons (Fsp3) is 0.500. The topological polar surface area (TPSA) is 26.3 Å².